The van der Waals surface area contributed by atoms with Gasteiger partial charge in [-0.2, -0.15) is 0 Å². The van der Waals surface area contributed by atoms with Gasteiger partial charge in [-0.15, -0.1) is 0 Å². The predicted octanol–water partition coefficient (Wildman–Crippen LogP) is 6.73. The first-order valence-electron chi connectivity index (χ1n) is 14.6. The lowest BCUT2D eigenvalue weighted by Gasteiger charge is -2.32. The van der Waals surface area contributed by atoms with E-state index < -0.39 is 29.3 Å². The first-order chi connectivity index (χ1) is 19.5. The zero-order valence-corrected chi connectivity index (χ0v) is 24.8. The van der Waals surface area contributed by atoms with E-state index in [2.05, 4.69) is 4.90 Å². The van der Waals surface area contributed by atoms with Crippen LogP contribution >= 0.6 is 11.6 Å². The summed E-state index contributed by atoms with van der Waals surface area (Å²) in [4.78, 5) is 29.9. The number of rotatable bonds is 8. The smallest absolute Gasteiger partial charge is 0.329 e. The van der Waals surface area contributed by atoms with E-state index in [1.54, 1.807) is 32.9 Å². The third-order valence-corrected chi connectivity index (χ3v) is 8.27. The molecule has 2 aliphatic heterocycles. The quantitative estimate of drug-likeness (QED) is 0.320. The van der Waals surface area contributed by atoms with Gasteiger partial charge >= 0.3 is 5.97 Å². The molecule has 0 radical (unpaired) electrons. The molecule has 9 heteroatoms. The number of benzene rings is 2. The molecular formula is C32H39ClF2N2O4. The molecule has 2 heterocycles. The van der Waals surface area contributed by atoms with Gasteiger partial charge in [0, 0.05) is 24.2 Å². The molecule has 1 aliphatic carbocycles. The highest BCUT2D eigenvalue weighted by atomic mass is 35.5. The minimum absolute atomic E-state index is 0.0135. The van der Waals surface area contributed by atoms with Gasteiger partial charge in [-0.25, -0.2) is 13.6 Å². The van der Waals surface area contributed by atoms with Gasteiger partial charge in [0.15, 0.2) is 0 Å². The summed E-state index contributed by atoms with van der Waals surface area (Å²) in [5, 5.41) is 0.401. The molecule has 0 aromatic heterocycles. The highest BCUT2D eigenvalue weighted by molar-refractivity contribution is 6.30. The maximum absolute atomic E-state index is 15.4. The number of piperidine rings is 1. The molecule has 2 aromatic carbocycles. The molecule has 0 N–H and O–H groups in total. The summed E-state index contributed by atoms with van der Waals surface area (Å²) in [6.07, 6.45) is 4.96. The Morgan fingerprint density at radius 2 is 1.71 bits per heavy atom. The Bertz CT molecular complexity index is 1260. The number of carbonyl (C=O) groups excluding carboxylic acids is 2. The number of hydrogen-bond donors (Lipinski definition) is 0. The lowest BCUT2D eigenvalue weighted by atomic mass is 9.97. The summed E-state index contributed by atoms with van der Waals surface area (Å²) >= 11 is 6.00. The van der Waals surface area contributed by atoms with Gasteiger partial charge < -0.3 is 14.4 Å². The van der Waals surface area contributed by atoms with Crippen LogP contribution in [0.2, 0.25) is 5.02 Å². The molecule has 2 aromatic rings. The van der Waals surface area contributed by atoms with E-state index in [-0.39, 0.29) is 17.3 Å². The molecule has 0 spiro atoms. The largest absolute Gasteiger partial charge is 0.493 e. The minimum atomic E-state index is -0.704. The van der Waals surface area contributed by atoms with Crippen LogP contribution in [-0.4, -0.2) is 59.6 Å². The van der Waals surface area contributed by atoms with E-state index in [1.807, 2.05) is 0 Å². The molecule has 5 rings (SSSR count). The van der Waals surface area contributed by atoms with E-state index >= 15 is 4.39 Å². The van der Waals surface area contributed by atoms with E-state index in [9.17, 15) is 14.0 Å². The number of halogens is 3. The number of ether oxygens (including phenoxy) is 2. The Morgan fingerprint density at radius 1 is 0.976 bits per heavy atom. The van der Waals surface area contributed by atoms with Crippen LogP contribution in [0.4, 0.5) is 8.78 Å². The molecule has 0 unspecified atom stereocenters. The van der Waals surface area contributed by atoms with Gasteiger partial charge in [0.1, 0.15) is 29.0 Å². The number of carbonyl (C=O) groups is 2. The van der Waals surface area contributed by atoms with Crippen molar-refractivity contribution in [3.8, 4) is 5.75 Å². The third-order valence-electron chi connectivity index (χ3n) is 8.05. The molecule has 1 saturated carbocycles. The number of esters is 1. The van der Waals surface area contributed by atoms with Crippen molar-refractivity contribution in [3.63, 3.8) is 0 Å². The molecule has 1 amide bonds. The minimum Gasteiger partial charge on any atom is -0.493 e. The molecule has 1 atom stereocenters. The fourth-order valence-electron chi connectivity index (χ4n) is 5.83. The van der Waals surface area contributed by atoms with Crippen LogP contribution in [-0.2, 0) is 16.1 Å². The summed E-state index contributed by atoms with van der Waals surface area (Å²) in [6.45, 7) is 8.59. The van der Waals surface area contributed by atoms with Crippen molar-refractivity contribution in [1.29, 1.82) is 0 Å². The van der Waals surface area contributed by atoms with Crippen LogP contribution in [0.15, 0.2) is 30.3 Å². The monoisotopic (exact) mass is 588 g/mol. The summed E-state index contributed by atoms with van der Waals surface area (Å²) in [7, 11) is 0. The average Bonchev–Trinajstić information content (AvgIpc) is 3.61. The predicted molar refractivity (Wildman–Crippen MR) is 153 cm³/mol. The third kappa shape index (κ3) is 7.58. The SMILES string of the molecule is CC(C)(C)OC(=O)[C@@H]1CCCN1C(=O)c1cc(C2CC2)c(OCC2CCN(Cc3cc(F)cc(Cl)c3)CC2)cc1F. The second kappa shape index (κ2) is 12.3. The van der Waals surface area contributed by atoms with Crippen molar-refractivity contribution >= 4 is 23.5 Å². The molecule has 3 fully saturated rings. The maximum atomic E-state index is 15.4. The lowest BCUT2D eigenvalue weighted by molar-refractivity contribution is -0.159. The van der Waals surface area contributed by atoms with Gasteiger partial charge in [0.2, 0.25) is 0 Å². The number of hydrogen-bond acceptors (Lipinski definition) is 5. The van der Waals surface area contributed by atoms with E-state index in [1.165, 1.54) is 23.1 Å². The van der Waals surface area contributed by atoms with Crippen LogP contribution in [0.1, 0.15) is 86.7 Å². The van der Waals surface area contributed by atoms with Crippen molar-refractivity contribution in [2.75, 3.05) is 26.2 Å². The Balaban J connectivity index is 1.21. The van der Waals surface area contributed by atoms with Crippen molar-refractivity contribution in [2.24, 2.45) is 5.92 Å². The molecule has 41 heavy (non-hydrogen) atoms. The highest BCUT2D eigenvalue weighted by Crippen LogP contribution is 2.45. The topological polar surface area (TPSA) is 59.1 Å². The average molecular weight is 589 g/mol. The molecule has 222 valence electrons. The summed E-state index contributed by atoms with van der Waals surface area (Å²) in [5.41, 5.74) is 1.04. The number of amides is 1. The normalized spacial score (nSPS) is 20.3. The van der Waals surface area contributed by atoms with Crippen molar-refractivity contribution in [1.82, 2.24) is 9.80 Å². The second-order valence-electron chi connectivity index (χ2n) is 12.6. The second-order valence-corrected chi connectivity index (χ2v) is 13.1. The van der Waals surface area contributed by atoms with Crippen LogP contribution in [0.25, 0.3) is 0 Å². The summed E-state index contributed by atoms with van der Waals surface area (Å²) in [5.74, 6) is -0.815. The molecule has 3 aliphatic rings. The van der Waals surface area contributed by atoms with Crippen molar-refractivity contribution in [2.45, 2.75) is 83.4 Å². The summed E-state index contributed by atoms with van der Waals surface area (Å²) < 4.78 is 40.8. The zero-order valence-electron chi connectivity index (χ0n) is 24.1. The van der Waals surface area contributed by atoms with Gasteiger partial charge in [-0.3, -0.25) is 9.69 Å². The van der Waals surface area contributed by atoms with Gasteiger partial charge in [0.05, 0.1) is 12.2 Å². The zero-order chi connectivity index (χ0) is 29.3. The van der Waals surface area contributed by atoms with E-state index in [0.717, 1.165) is 49.9 Å². The van der Waals surface area contributed by atoms with Gasteiger partial charge in [-0.05, 0) is 120 Å². The number of nitrogens with zero attached hydrogens (tertiary/aromatic N) is 2. The Labute approximate surface area is 245 Å². The fraction of sp³-hybridized carbons (Fsp3) is 0.562. The van der Waals surface area contributed by atoms with Crippen LogP contribution in [0.5, 0.6) is 5.75 Å². The van der Waals surface area contributed by atoms with Gasteiger partial charge in [-0.1, -0.05) is 11.6 Å². The van der Waals surface area contributed by atoms with Crippen LogP contribution in [0.3, 0.4) is 0 Å². The summed E-state index contributed by atoms with van der Waals surface area (Å²) in [6, 6.07) is 6.91. The Kier molecular flexibility index (Phi) is 8.90. The van der Waals surface area contributed by atoms with Crippen molar-refractivity contribution in [3.05, 3.63) is 63.7 Å². The van der Waals surface area contributed by atoms with Crippen molar-refractivity contribution < 1.29 is 27.8 Å². The molecule has 2 saturated heterocycles. The standard InChI is InChI=1S/C32H39ClF2N2O4/c1-32(2,3)41-31(39)28-5-4-10-37(28)30(38)26-16-25(22-6-7-22)29(17-27(26)35)40-19-20-8-11-36(12-9-20)18-21-13-23(33)15-24(34)14-21/h13-17,20,22,28H,4-12,18-19H2,1-3H3/t28-/m0/s1. The van der Waals surface area contributed by atoms with Gasteiger partial charge in [0.25, 0.3) is 5.91 Å². The Hall–Kier alpha value is -2.71. The van der Waals surface area contributed by atoms with Crippen LogP contribution in [0, 0.1) is 17.6 Å². The Morgan fingerprint density at radius 3 is 2.37 bits per heavy atom. The molecular weight excluding hydrogens is 550 g/mol. The fourth-order valence-corrected chi connectivity index (χ4v) is 6.08. The number of likely N-dealkylation sites (tertiary alicyclic amines) is 2. The molecule has 6 nitrogen and oxygen atoms in total. The first-order valence-corrected chi connectivity index (χ1v) is 15.0. The maximum Gasteiger partial charge on any atom is 0.329 e. The first kappa shape index (κ1) is 29.8. The van der Waals surface area contributed by atoms with E-state index in [4.69, 9.17) is 21.1 Å². The van der Waals surface area contributed by atoms with Crippen LogP contribution < -0.4 is 4.74 Å². The lowest BCUT2D eigenvalue weighted by Crippen LogP contribution is -2.43. The molecule has 0 bridgehead atoms. The highest BCUT2D eigenvalue weighted by Gasteiger charge is 2.39. The van der Waals surface area contributed by atoms with E-state index in [0.29, 0.717) is 49.2 Å².